The summed E-state index contributed by atoms with van der Waals surface area (Å²) in [5, 5.41) is 3.43. The molecule has 2 heterocycles. The highest BCUT2D eigenvalue weighted by Crippen LogP contribution is 2.26. The van der Waals surface area contributed by atoms with E-state index in [1.54, 1.807) is 0 Å². The zero-order valence-corrected chi connectivity index (χ0v) is 12.0. The smallest absolute Gasteiger partial charge is 0.187 e. The lowest BCUT2D eigenvalue weighted by molar-refractivity contribution is 0.513. The van der Waals surface area contributed by atoms with Crippen LogP contribution in [0.2, 0.25) is 0 Å². The van der Waals surface area contributed by atoms with Gasteiger partial charge in [0.1, 0.15) is 6.33 Å². The molecule has 1 fully saturated rings. The summed E-state index contributed by atoms with van der Waals surface area (Å²) in [5.74, 6) is 0.223. The molecule has 4 nitrogen and oxygen atoms in total. The predicted octanol–water partition coefficient (Wildman–Crippen LogP) is 2.14. The fourth-order valence-electron chi connectivity index (χ4n) is 2.54. The van der Waals surface area contributed by atoms with E-state index in [1.807, 2.05) is 6.92 Å². The van der Waals surface area contributed by atoms with Crippen molar-refractivity contribution in [3.63, 3.8) is 0 Å². The molecule has 0 radical (unpaired) electrons. The van der Waals surface area contributed by atoms with Gasteiger partial charge in [0.05, 0.1) is 5.69 Å². The lowest BCUT2D eigenvalue weighted by atomic mass is 10.2. The number of nitrogens with zero attached hydrogens (tertiary/aromatic N) is 3. The molecule has 19 heavy (non-hydrogen) atoms. The summed E-state index contributed by atoms with van der Waals surface area (Å²) in [6, 6.07) is 0.778. The SMILES string of the molecule is CCc1ncnc(N2CCCC2CNC(C)C)c1F. The van der Waals surface area contributed by atoms with Crippen molar-refractivity contribution in [2.24, 2.45) is 0 Å². The molecule has 0 saturated carbocycles. The molecule has 1 unspecified atom stereocenters. The van der Waals surface area contributed by atoms with Crippen LogP contribution in [0.5, 0.6) is 0 Å². The molecule has 0 aliphatic carbocycles. The Hall–Kier alpha value is -1.23. The second-order valence-electron chi connectivity index (χ2n) is 5.36. The monoisotopic (exact) mass is 266 g/mol. The third kappa shape index (κ3) is 3.21. The van der Waals surface area contributed by atoms with Crippen LogP contribution in [0.25, 0.3) is 0 Å². The molecule has 0 aromatic carbocycles. The van der Waals surface area contributed by atoms with Crippen molar-refractivity contribution in [3.05, 3.63) is 17.8 Å². The van der Waals surface area contributed by atoms with Gasteiger partial charge in [0.25, 0.3) is 0 Å². The van der Waals surface area contributed by atoms with Crippen molar-refractivity contribution >= 4 is 5.82 Å². The number of aryl methyl sites for hydroxylation is 1. The van der Waals surface area contributed by atoms with Crippen LogP contribution in [0.1, 0.15) is 39.3 Å². The summed E-state index contributed by atoms with van der Waals surface area (Å²) < 4.78 is 14.3. The molecule has 1 saturated heterocycles. The zero-order chi connectivity index (χ0) is 13.8. The summed E-state index contributed by atoms with van der Waals surface area (Å²) in [6.07, 6.45) is 4.26. The molecule has 5 heteroatoms. The largest absolute Gasteiger partial charge is 0.350 e. The Morgan fingerprint density at radius 2 is 2.26 bits per heavy atom. The van der Waals surface area contributed by atoms with Crippen molar-refractivity contribution in [1.82, 2.24) is 15.3 Å². The lowest BCUT2D eigenvalue weighted by Gasteiger charge is -2.27. The van der Waals surface area contributed by atoms with Crippen LogP contribution in [0.15, 0.2) is 6.33 Å². The van der Waals surface area contributed by atoms with E-state index in [1.165, 1.54) is 6.33 Å². The highest BCUT2D eigenvalue weighted by molar-refractivity contribution is 5.43. The molecule has 1 aliphatic heterocycles. The Bertz CT molecular complexity index is 422. The predicted molar refractivity (Wildman–Crippen MR) is 74.9 cm³/mol. The molecule has 1 aromatic rings. The van der Waals surface area contributed by atoms with Crippen molar-refractivity contribution in [2.45, 2.75) is 52.1 Å². The van der Waals surface area contributed by atoms with Crippen LogP contribution in [0, 0.1) is 5.82 Å². The highest BCUT2D eigenvalue weighted by atomic mass is 19.1. The first-order valence-corrected chi connectivity index (χ1v) is 7.12. The fourth-order valence-corrected chi connectivity index (χ4v) is 2.54. The molecule has 0 bridgehead atoms. The number of anilines is 1. The van der Waals surface area contributed by atoms with E-state index in [0.29, 0.717) is 30.0 Å². The minimum absolute atomic E-state index is 0.249. The van der Waals surface area contributed by atoms with E-state index in [2.05, 4.69) is 34.0 Å². The van der Waals surface area contributed by atoms with Crippen molar-refractivity contribution < 1.29 is 4.39 Å². The third-order valence-electron chi connectivity index (χ3n) is 3.59. The number of halogens is 1. The fraction of sp³-hybridized carbons (Fsp3) is 0.714. The molecule has 0 amide bonds. The maximum absolute atomic E-state index is 14.3. The number of rotatable bonds is 5. The molecule has 1 aliphatic rings. The molecule has 1 N–H and O–H groups in total. The first-order chi connectivity index (χ1) is 9.13. The van der Waals surface area contributed by atoms with Crippen LogP contribution in [-0.2, 0) is 6.42 Å². The van der Waals surface area contributed by atoms with E-state index in [-0.39, 0.29) is 5.82 Å². The molecule has 1 aromatic heterocycles. The van der Waals surface area contributed by atoms with Crippen LogP contribution in [0.3, 0.4) is 0 Å². The molecular formula is C14H23FN4. The average Bonchev–Trinajstić information content (AvgIpc) is 2.85. The topological polar surface area (TPSA) is 41.1 Å². The van der Waals surface area contributed by atoms with Crippen LogP contribution in [0.4, 0.5) is 10.2 Å². The molecule has 1 atom stereocenters. The molecule has 106 valence electrons. The number of hydrogen-bond donors (Lipinski definition) is 1. The minimum atomic E-state index is -0.249. The Labute approximate surface area is 114 Å². The average molecular weight is 266 g/mol. The van der Waals surface area contributed by atoms with Gasteiger partial charge in [-0.05, 0) is 19.3 Å². The van der Waals surface area contributed by atoms with Gasteiger partial charge in [-0.1, -0.05) is 20.8 Å². The summed E-state index contributed by atoms with van der Waals surface area (Å²) in [7, 11) is 0. The van der Waals surface area contributed by atoms with Crippen LogP contribution >= 0.6 is 0 Å². The Morgan fingerprint density at radius 1 is 1.47 bits per heavy atom. The van der Waals surface area contributed by atoms with Crippen molar-refractivity contribution in [2.75, 3.05) is 18.0 Å². The van der Waals surface area contributed by atoms with E-state index < -0.39 is 0 Å². The minimum Gasteiger partial charge on any atom is -0.350 e. The standard InChI is InChI=1S/C14H23FN4/c1-4-12-13(15)14(18-9-17-12)19-7-5-6-11(19)8-16-10(2)3/h9-11,16H,4-8H2,1-3H3. The van der Waals surface area contributed by atoms with Gasteiger partial charge >= 0.3 is 0 Å². The quantitative estimate of drug-likeness (QED) is 0.886. The zero-order valence-electron chi connectivity index (χ0n) is 12.0. The second-order valence-corrected chi connectivity index (χ2v) is 5.36. The van der Waals surface area contributed by atoms with Gasteiger partial charge in [-0.3, -0.25) is 0 Å². The van der Waals surface area contributed by atoms with Crippen molar-refractivity contribution in [3.8, 4) is 0 Å². The Balaban J connectivity index is 2.15. The van der Waals surface area contributed by atoms with Gasteiger partial charge in [0.15, 0.2) is 11.6 Å². The normalized spacial score (nSPS) is 19.4. The van der Waals surface area contributed by atoms with E-state index >= 15 is 0 Å². The highest BCUT2D eigenvalue weighted by Gasteiger charge is 2.28. The Morgan fingerprint density at radius 3 is 2.95 bits per heavy atom. The van der Waals surface area contributed by atoms with Gasteiger partial charge < -0.3 is 10.2 Å². The number of nitrogens with one attached hydrogen (secondary N) is 1. The van der Waals surface area contributed by atoms with Crippen LogP contribution in [-0.4, -0.2) is 35.1 Å². The van der Waals surface area contributed by atoms with Gasteiger partial charge in [-0.15, -0.1) is 0 Å². The molecular weight excluding hydrogens is 243 g/mol. The summed E-state index contributed by atoms with van der Waals surface area (Å²) in [6.45, 7) is 7.92. The first-order valence-electron chi connectivity index (χ1n) is 7.12. The van der Waals surface area contributed by atoms with Crippen LogP contribution < -0.4 is 10.2 Å². The number of aromatic nitrogens is 2. The van der Waals surface area contributed by atoms with Gasteiger partial charge in [-0.2, -0.15) is 0 Å². The van der Waals surface area contributed by atoms with Gasteiger partial charge in [0.2, 0.25) is 0 Å². The van der Waals surface area contributed by atoms with E-state index in [9.17, 15) is 4.39 Å². The maximum Gasteiger partial charge on any atom is 0.187 e. The Kier molecular flexibility index (Phi) is 4.69. The van der Waals surface area contributed by atoms with E-state index in [0.717, 1.165) is 25.9 Å². The van der Waals surface area contributed by atoms with Gasteiger partial charge in [-0.25, -0.2) is 14.4 Å². The summed E-state index contributed by atoms with van der Waals surface area (Å²) in [5.41, 5.74) is 0.507. The third-order valence-corrected chi connectivity index (χ3v) is 3.59. The summed E-state index contributed by atoms with van der Waals surface area (Å²) >= 11 is 0. The van der Waals surface area contributed by atoms with Crippen molar-refractivity contribution in [1.29, 1.82) is 0 Å². The van der Waals surface area contributed by atoms with Gasteiger partial charge in [0, 0.05) is 25.2 Å². The maximum atomic E-state index is 14.3. The first kappa shape index (κ1) is 14.2. The summed E-state index contributed by atoms with van der Waals surface area (Å²) in [4.78, 5) is 10.2. The van der Waals surface area contributed by atoms with E-state index in [4.69, 9.17) is 0 Å². The molecule has 0 spiro atoms. The lowest BCUT2D eigenvalue weighted by Crippen LogP contribution is -2.41. The second kappa shape index (κ2) is 6.28. The molecule has 2 rings (SSSR count). The number of hydrogen-bond acceptors (Lipinski definition) is 4.